The highest BCUT2D eigenvalue weighted by molar-refractivity contribution is 8.00. The van der Waals surface area contributed by atoms with Crippen molar-refractivity contribution in [3.05, 3.63) is 0 Å². The van der Waals surface area contributed by atoms with E-state index in [1.54, 1.807) is 0 Å². The van der Waals surface area contributed by atoms with Gasteiger partial charge in [-0.05, 0) is 36.6 Å². The number of hydrogen-bond donors (Lipinski definition) is 0. The van der Waals surface area contributed by atoms with Gasteiger partial charge in [0.15, 0.2) is 0 Å². The first kappa shape index (κ1) is 15.7. The predicted molar refractivity (Wildman–Crippen MR) is 75.6 cm³/mol. The average Bonchev–Trinajstić information content (AvgIpc) is 2.94. The normalized spacial score (nSPS) is 16.6. The maximum absolute atomic E-state index is 12.3. The lowest BCUT2D eigenvalue weighted by atomic mass is 10.1. The van der Waals surface area contributed by atoms with Gasteiger partial charge in [-0.3, -0.25) is 9.59 Å². The number of aromatic nitrogens is 4. The number of likely N-dealkylation sites (tertiary alicyclic amines) is 1. The molecule has 0 bridgehead atoms. The molecule has 0 aliphatic carbocycles. The topological polar surface area (TPSA) is 90.2 Å². The van der Waals surface area contributed by atoms with Crippen LogP contribution in [0, 0.1) is 0 Å². The Morgan fingerprint density at radius 3 is 2.71 bits per heavy atom. The van der Waals surface area contributed by atoms with Crippen molar-refractivity contribution in [3.63, 3.8) is 0 Å². The molecule has 1 aliphatic rings. The SMILES string of the molecule is COC(=O)Cn1nnnc1SC(C)C(=O)N1CCCCC1. The Morgan fingerprint density at radius 1 is 1.33 bits per heavy atom. The van der Waals surface area contributed by atoms with E-state index >= 15 is 0 Å². The van der Waals surface area contributed by atoms with Gasteiger partial charge in [0.05, 0.1) is 12.4 Å². The van der Waals surface area contributed by atoms with Crippen LogP contribution in [0.25, 0.3) is 0 Å². The standard InChI is InChI=1S/C12H19N5O3S/c1-9(11(19)16-6-4-3-5-7-16)21-12-13-14-15-17(12)8-10(18)20-2/h9H,3-8H2,1-2H3. The molecule has 0 spiro atoms. The van der Waals surface area contributed by atoms with E-state index in [1.807, 2.05) is 11.8 Å². The van der Waals surface area contributed by atoms with Crippen LogP contribution in [0.4, 0.5) is 0 Å². The fourth-order valence-electron chi connectivity index (χ4n) is 2.15. The molecule has 0 saturated carbocycles. The molecular formula is C12H19N5O3S. The van der Waals surface area contributed by atoms with Gasteiger partial charge in [-0.15, -0.1) is 5.10 Å². The maximum Gasteiger partial charge on any atom is 0.327 e. The van der Waals surface area contributed by atoms with Gasteiger partial charge in [0.25, 0.3) is 0 Å². The first-order chi connectivity index (χ1) is 10.1. The molecular weight excluding hydrogens is 294 g/mol. The number of tetrazole rings is 1. The summed E-state index contributed by atoms with van der Waals surface area (Å²) in [5.41, 5.74) is 0. The molecule has 1 aromatic rings. The summed E-state index contributed by atoms with van der Waals surface area (Å²) in [7, 11) is 1.31. The predicted octanol–water partition coefficient (Wildman–Crippen LogP) is 0.339. The molecule has 2 rings (SSSR count). The van der Waals surface area contributed by atoms with E-state index in [0.29, 0.717) is 5.16 Å². The van der Waals surface area contributed by atoms with Crippen molar-refractivity contribution >= 4 is 23.6 Å². The van der Waals surface area contributed by atoms with Crippen molar-refractivity contribution in [1.29, 1.82) is 0 Å². The number of methoxy groups -OCH3 is 1. The third-order valence-corrected chi connectivity index (χ3v) is 4.36. The minimum Gasteiger partial charge on any atom is -0.468 e. The number of carbonyl (C=O) groups excluding carboxylic acids is 2. The maximum atomic E-state index is 12.3. The van der Waals surface area contributed by atoms with Crippen molar-refractivity contribution in [2.45, 2.75) is 43.1 Å². The zero-order valence-corrected chi connectivity index (χ0v) is 13.0. The highest BCUT2D eigenvalue weighted by Gasteiger charge is 2.25. The molecule has 1 saturated heterocycles. The quantitative estimate of drug-likeness (QED) is 0.572. The van der Waals surface area contributed by atoms with Crippen molar-refractivity contribution < 1.29 is 14.3 Å². The van der Waals surface area contributed by atoms with E-state index in [0.717, 1.165) is 25.9 Å². The molecule has 21 heavy (non-hydrogen) atoms. The highest BCUT2D eigenvalue weighted by Crippen LogP contribution is 2.23. The van der Waals surface area contributed by atoms with E-state index in [1.165, 1.54) is 30.0 Å². The van der Waals surface area contributed by atoms with Crippen molar-refractivity contribution in [2.24, 2.45) is 0 Å². The molecule has 0 aromatic carbocycles. The third-order valence-electron chi connectivity index (χ3n) is 3.30. The highest BCUT2D eigenvalue weighted by atomic mass is 32.2. The van der Waals surface area contributed by atoms with E-state index in [4.69, 9.17) is 0 Å². The summed E-state index contributed by atoms with van der Waals surface area (Å²) in [6.07, 6.45) is 3.30. The molecule has 1 amide bonds. The summed E-state index contributed by atoms with van der Waals surface area (Å²) >= 11 is 1.26. The van der Waals surface area contributed by atoms with E-state index < -0.39 is 5.97 Å². The van der Waals surface area contributed by atoms with Crippen LogP contribution in [0.15, 0.2) is 5.16 Å². The second kappa shape index (κ2) is 7.39. The fraction of sp³-hybridized carbons (Fsp3) is 0.750. The van der Waals surface area contributed by atoms with Gasteiger partial charge < -0.3 is 9.64 Å². The molecule has 1 atom stereocenters. The first-order valence-corrected chi connectivity index (χ1v) is 7.78. The minimum absolute atomic E-state index is 0.0591. The van der Waals surface area contributed by atoms with Crippen LogP contribution in [-0.4, -0.2) is 62.4 Å². The first-order valence-electron chi connectivity index (χ1n) is 6.90. The summed E-state index contributed by atoms with van der Waals surface area (Å²) in [5, 5.41) is 11.3. The number of carbonyl (C=O) groups is 2. The summed E-state index contributed by atoms with van der Waals surface area (Å²) in [5.74, 6) is -0.341. The molecule has 0 radical (unpaired) electrons. The molecule has 1 fully saturated rings. The number of thioether (sulfide) groups is 1. The number of hydrogen-bond acceptors (Lipinski definition) is 7. The number of ether oxygens (including phenoxy) is 1. The van der Waals surface area contributed by atoms with Crippen molar-refractivity contribution in [2.75, 3.05) is 20.2 Å². The van der Waals surface area contributed by atoms with Gasteiger partial charge in [-0.25, -0.2) is 4.68 Å². The molecule has 1 aromatic heterocycles. The second-order valence-electron chi connectivity index (χ2n) is 4.84. The monoisotopic (exact) mass is 313 g/mol. The van der Waals surface area contributed by atoms with Crippen LogP contribution in [0.5, 0.6) is 0 Å². The molecule has 1 unspecified atom stereocenters. The van der Waals surface area contributed by atoms with Crippen LogP contribution >= 0.6 is 11.8 Å². The molecule has 8 nitrogen and oxygen atoms in total. The van der Waals surface area contributed by atoms with Crippen LogP contribution in [-0.2, 0) is 20.9 Å². The summed E-state index contributed by atoms with van der Waals surface area (Å²) in [6, 6.07) is 0. The fourth-order valence-corrected chi connectivity index (χ4v) is 3.02. The second-order valence-corrected chi connectivity index (χ2v) is 6.15. The molecule has 116 valence electrons. The Bertz CT molecular complexity index is 501. The molecule has 2 heterocycles. The molecule has 1 aliphatic heterocycles. The number of piperidine rings is 1. The molecule has 0 N–H and O–H groups in total. The number of nitrogens with zero attached hydrogens (tertiary/aromatic N) is 5. The van der Waals surface area contributed by atoms with E-state index in [2.05, 4.69) is 20.3 Å². The average molecular weight is 313 g/mol. The number of amides is 1. The zero-order chi connectivity index (χ0) is 15.2. The Kier molecular flexibility index (Phi) is 5.54. The molecule has 9 heteroatoms. The van der Waals surface area contributed by atoms with Crippen LogP contribution < -0.4 is 0 Å². The van der Waals surface area contributed by atoms with Crippen molar-refractivity contribution in [3.8, 4) is 0 Å². The van der Waals surface area contributed by atoms with Gasteiger partial charge in [0.1, 0.15) is 6.54 Å². The summed E-state index contributed by atoms with van der Waals surface area (Å²) < 4.78 is 5.93. The van der Waals surface area contributed by atoms with E-state index in [-0.39, 0.29) is 17.7 Å². The van der Waals surface area contributed by atoms with Crippen LogP contribution in [0.3, 0.4) is 0 Å². The van der Waals surface area contributed by atoms with Gasteiger partial charge in [0.2, 0.25) is 11.1 Å². The lowest BCUT2D eigenvalue weighted by Crippen LogP contribution is -2.40. The zero-order valence-electron chi connectivity index (χ0n) is 12.2. The van der Waals surface area contributed by atoms with Crippen molar-refractivity contribution in [1.82, 2.24) is 25.1 Å². The smallest absolute Gasteiger partial charge is 0.327 e. The van der Waals surface area contributed by atoms with E-state index in [9.17, 15) is 9.59 Å². The Balaban J connectivity index is 1.95. The summed E-state index contributed by atoms with van der Waals surface area (Å²) in [6.45, 7) is 3.41. The summed E-state index contributed by atoms with van der Waals surface area (Å²) in [4.78, 5) is 25.5. The Morgan fingerprint density at radius 2 is 2.05 bits per heavy atom. The lowest BCUT2D eigenvalue weighted by molar-refractivity contribution is -0.141. The van der Waals surface area contributed by atoms with Gasteiger partial charge in [-0.1, -0.05) is 11.8 Å². The lowest BCUT2D eigenvalue weighted by Gasteiger charge is -2.28. The van der Waals surface area contributed by atoms with Gasteiger partial charge >= 0.3 is 5.97 Å². The van der Waals surface area contributed by atoms with Crippen LogP contribution in [0.1, 0.15) is 26.2 Å². The van der Waals surface area contributed by atoms with Crippen LogP contribution in [0.2, 0.25) is 0 Å². The van der Waals surface area contributed by atoms with Gasteiger partial charge in [0, 0.05) is 13.1 Å². The Hall–Kier alpha value is -1.64. The third kappa shape index (κ3) is 4.16. The Labute approximate surface area is 127 Å². The number of esters is 1. The number of rotatable bonds is 5. The largest absolute Gasteiger partial charge is 0.468 e. The minimum atomic E-state index is -0.431. The van der Waals surface area contributed by atoms with Gasteiger partial charge in [-0.2, -0.15) is 0 Å².